The lowest BCUT2D eigenvalue weighted by atomic mass is 9.86. The SMILES string of the molecule is CCC(CC)n1ccc(CC2(CC)CCCCCN2)n1. The lowest BCUT2D eigenvalue weighted by molar-refractivity contribution is 0.297. The van der Waals surface area contributed by atoms with Crippen molar-refractivity contribution in [3.8, 4) is 0 Å². The summed E-state index contributed by atoms with van der Waals surface area (Å²) in [6.07, 6.45) is 12.1. The van der Waals surface area contributed by atoms with Crippen molar-refractivity contribution in [1.82, 2.24) is 15.1 Å². The Morgan fingerprint density at radius 1 is 1.25 bits per heavy atom. The van der Waals surface area contributed by atoms with Crippen molar-refractivity contribution >= 4 is 0 Å². The summed E-state index contributed by atoms with van der Waals surface area (Å²) >= 11 is 0. The third-order valence-electron chi connectivity index (χ3n) is 5.01. The lowest BCUT2D eigenvalue weighted by Crippen LogP contribution is -2.46. The Bertz CT molecular complexity index is 385. The molecule has 114 valence electrons. The summed E-state index contributed by atoms with van der Waals surface area (Å²) in [5, 5.41) is 8.66. The van der Waals surface area contributed by atoms with Crippen LogP contribution in [-0.4, -0.2) is 21.9 Å². The predicted octanol–water partition coefficient (Wildman–Crippen LogP) is 4.10. The Balaban J connectivity index is 2.07. The number of nitrogens with one attached hydrogen (secondary N) is 1. The van der Waals surface area contributed by atoms with E-state index in [0.717, 1.165) is 19.3 Å². The molecule has 1 unspecified atom stereocenters. The molecule has 1 aliphatic heterocycles. The van der Waals surface area contributed by atoms with E-state index >= 15 is 0 Å². The van der Waals surface area contributed by atoms with Crippen molar-refractivity contribution in [2.75, 3.05) is 6.54 Å². The molecule has 0 bridgehead atoms. The number of hydrogen-bond acceptors (Lipinski definition) is 2. The molecule has 0 aromatic carbocycles. The summed E-state index contributed by atoms with van der Waals surface area (Å²) in [5.41, 5.74) is 1.54. The van der Waals surface area contributed by atoms with Crippen LogP contribution in [-0.2, 0) is 6.42 Å². The third-order valence-corrected chi connectivity index (χ3v) is 5.01. The van der Waals surface area contributed by atoms with Crippen molar-refractivity contribution in [1.29, 1.82) is 0 Å². The first-order chi connectivity index (χ1) is 9.73. The van der Waals surface area contributed by atoms with Crippen molar-refractivity contribution in [2.45, 2.75) is 83.7 Å². The van der Waals surface area contributed by atoms with Crippen LogP contribution in [0.15, 0.2) is 12.3 Å². The van der Waals surface area contributed by atoms with E-state index in [1.54, 1.807) is 0 Å². The van der Waals surface area contributed by atoms with Crippen LogP contribution in [0.1, 0.15) is 77.5 Å². The van der Waals surface area contributed by atoms with Crippen molar-refractivity contribution < 1.29 is 0 Å². The van der Waals surface area contributed by atoms with Crippen LogP contribution in [0.25, 0.3) is 0 Å². The van der Waals surface area contributed by atoms with Crippen LogP contribution in [0, 0.1) is 0 Å². The molecule has 1 aromatic rings. The van der Waals surface area contributed by atoms with Gasteiger partial charge in [-0.3, -0.25) is 4.68 Å². The second-order valence-corrected chi connectivity index (χ2v) is 6.31. The Morgan fingerprint density at radius 3 is 2.75 bits per heavy atom. The fraction of sp³-hybridized carbons (Fsp3) is 0.824. The zero-order valence-corrected chi connectivity index (χ0v) is 13.5. The van der Waals surface area contributed by atoms with Gasteiger partial charge >= 0.3 is 0 Å². The van der Waals surface area contributed by atoms with E-state index in [9.17, 15) is 0 Å². The molecule has 3 nitrogen and oxygen atoms in total. The molecular formula is C17H31N3. The maximum atomic E-state index is 4.85. The van der Waals surface area contributed by atoms with Gasteiger partial charge in [-0.05, 0) is 44.7 Å². The van der Waals surface area contributed by atoms with Crippen LogP contribution < -0.4 is 5.32 Å². The minimum Gasteiger partial charge on any atom is -0.311 e. The van der Waals surface area contributed by atoms with Crippen LogP contribution in [0.2, 0.25) is 0 Å². The van der Waals surface area contributed by atoms with Gasteiger partial charge in [-0.15, -0.1) is 0 Å². The number of rotatable bonds is 6. The molecule has 0 saturated carbocycles. The van der Waals surface area contributed by atoms with E-state index in [2.05, 4.69) is 43.0 Å². The van der Waals surface area contributed by atoms with Gasteiger partial charge in [0.1, 0.15) is 0 Å². The van der Waals surface area contributed by atoms with Gasteiger partial charge in [0, 0.05) is 18.2 Å². The van der Waals surface area contributed by atoms with E-state index in [4.69, 9.17) is 5.10 Å². The lowest BCUT2D eigenvalue weighted by Gasteiger charge is -2.32. The Morgan fingerprint density at radius 2 is 2.05 bits per heavy atom. The highest BCUT2D eigenvalue weighted by molar-refractivity contribution is 5.07. The second-order valence-electron chi connectivity index (χ2n) is 6.31. The summed E-state index contributed by atoms with van der Waals surface area (Å²) in [5.74, 6) is 0. The molecule has 1 saturated heterocycles. The van der Waals surface area contributed by atoms with Crippen LogP contribution in [0.3, 0.4) is 0 Å². The molecule has 3 heteroatoms. The minimum atomic E-state index is 0.281. The maximum Gasteiger partial charge on any atom is 0.0643 e. The van der Waals surface area contributed by atoms with E-state index in [-0.39, 0.29) is 5.54 Å². The quantitative estimate of drug-likeness (QED) is 0.848. The summed E-state index contributed by atoms with van der Waals surface area (Å²) in [4.78, 5) is 0. The van der Waals surface area contributed by atoms with Gasteiger partial charge in [-0.2, -0.15) is 5.10 Å². The second kappa shape index (κ2) is 7.26. The zero-order chi connectivity index (χ0) is 14.4. The molecule has 20 heavy (non-hydrogen) atoms. The van der Waals surface area contributed by atoms with Gasteiger partial charge in [0.15, 0.2) is 0 Å². The van der Waals surface area contributed by atoms with Crippen LogP contribution >= 0.6 is 0 Å². The number of nitrogens with zero attached hydrogens (tertiary/aromatic N) is 2. The van der Waals surface area contributed by atoms with Crippen LogP contribution in [0.5, 0.6) is 0 Å². The zero-order valence-electron chi connectivity index (χ0n) is 13.5. The van der Waals surface area contributed by atoms with Gasteiger partial charge in [0.25, 0.3) is 0 Å². The van der Waals surface area contributed by atoms with Gasteiger partial charge < -0.3 is 5.32 Å². The fourth-order valence-electron chi connectivity index (χ4n) is 3.47. The molecule has 1 N–H and O–H groups in total. The van der Waals surface area contributed by atoms with Gasteiger partial charge in [0.2, 0.25) is 0 Å². The monoisotopic (exact) mass is 277 g/mol. The average molecular weight is 277 g/mol. The molecule has 1 atom stereocenters. The molecule has 0 aliphatic carbocycles. The van der Waals surface area contributed by atoms with Crippen molar-refractivity contribution in [3.05, 3.63) is 18.0 Å². The van der Waals surface area contributed by atoms with E-state index < -0.39 is 0 Å². The minimum absolute atomic E-state index is 0.281. The van der Waals surface area contributed by atoms with E-state index in [1.807, 2.05) is 0 Å². The van der Waals surface area contributed by atoms with Crippen LogP contribution in [0.4, 0.5) is 0 Å². The number of aromatic nitrogens is 2. The summed E-state index contributed by atoms with van der Waals surface area (Å²) in [6.45, 7) is 7.98. The number of hydrogen-bond donors (Lipinski definition) is 1. The van der Waals surface area contributed by atoms with E-state index in [0.29, 0.717) is 6.04 Å². The van der Waals surface area contributed by atoms with Crippen molar-refractivity contribution in [2.24, 2.45) is 0 Å². The molecule has 1 aromatic heterocycles. The normalized spacial score (nSPS) is 24.0. The largest absolute Gasteiger partial charge is 0.311 e. The Hall–Kier alpha value is -0.830. The Kier molecular flexibility index (Phi) is 5.64. The topological polar surface area (TPSA) is 29.9 Å². The third kappa shape index (κ3) is 3.63. The highest BCUT2D eigenvalue weighted by Gasteiger charge is 2.29. The standard InChI is InChI=1S/C17H31N3/c1-4-16(5-2)20-13-10-15(19-20)14-17(6-3)11-8-7-9-12-18-17/h10,13,16,18H,4-9,11-12,14H2,1-3H3. The van der Waals surface area contributed by atoms with Gasteiger partial charge in [0.05, 0.1) is 11.7 Å². The highest BCUT2D eigenvalue weighted by Crippen LogP contribution is 2.26. The predicted molar refractivity (Wildman–Crippen MR) is 85.0 cm³/mol. The first-order valence-electron chi connectivity index (χ1n) is 8.52. The molecule has 0 radical (unpaired) electrons. The Labute approximate surface area is 124 Å². The molecule has 2 rings (SSSR count). The first-order valence-corrected chi connectivity index (χ1v) is 8.52. The summed E-state index contributed by atoms with van der Waals surface area (Å²) in [7, 11) is 0. The molecule has 0 amide bonds. The molecular weight excluding hydrogens is 246 g/mol. The molecule has 0 spiro atoms. The molecule has 1 fully saturated rings. The molecule has 2 heterocycles. The average Bonchev–Trinajstić information content (AvgIpc) is 2.78. The fourth-order valence-corrected chi connectivity index (χ4v) is 3.47. The highest BCUT2D eigenvalue weighted by atomic mass is 15.3. The smallest absolute Gasteiger partial charge is 0.0643 e. The first kappa shape index (κ1) is 15.6. The van der Waals surface area contributed by atoms with E-state index in [1.165, 1.54) is 44.3 Å². The van der Waals surface area contributed by atoms with Crippen molar-refractivity contribution in [3.63, 3.8) is 0 Å². The van der Waals surface area contributed by atoms with Gasteiger partial charge in [-0.25, -0.2) is 0 Å². The summed E-state index contributed by atoms with van der Waals surface area (Å²) in [6, 6.07) is 2.78. The maximum absolute atomic E-state index is 4.85. The summed E-state index contributed by atoms with van der Waals surface area (Å²) < 4.78 is 2.18. The molecule has 1 aliphatic rings. The van der Waals surface area contributed by atoms with Gasteiger partial charge in [-0.1, -0.05) is 33.6 Å².